The lowest BCUT2D eigenvalue weighted by atomic mass is 9.47. The molecule has 4 aliphatic rings. The predicted octanol–water partition coefficient (Wildman–Crippen LogP) is 3.10. The lowest BCUT2D eigenvalue weighted by Crippen LogP contribution is -2.61. The van der Waals surface area contributed by atoms with E-state index in [0.29, 0.717) is 30.2 Å². The molecule has 6 heteroatoms. The largest absolute Gasteiger partial charge is 0.480 e. The molecule has 2 amide bonds. The standard InChI is InChI=1S/C23H36N2O4/c1-21(2,20(28)29)25-19(27)16-7-6-14-13-5-8-17-23(4,12-10-18(26)24-17)15(13)9-11-22(14,16)3/h13-17H,5-12H2,1-4H3,(H,24,26)(H,25,27)(H,28,29)/t13-,14-,15+,16?,17?,22-,23+/m0/s1. The van der Waals surface area contributed by atoms with Crippen LogP contribution in [0.4, 0.5) is 0 Å². The molecule has 3 N–H and O–H groups in total. The van der Waals surface area contributed by atoms with Crippen LogP contribution < -0.4 is 10.6 Å². The maximum absolute atomic E-state index is 13.1. The quantitative estimate of drug-likeness (QED) is 0.673. The van der Waals surface area contributed by atoms with Crippen molar-refractivity contribution in [2.24, 2.45) is 34.5 Å². The lowest BCUT2D eigenvalue weighted by molar-refractivity contribution is -0.149. The SMILES string of the molecule is CC(C)(NC(=O)C1CC[C@H]2[C@@H]3CCC4NC(=O)CC[C@]4(C)[C@@H]3CC[C@]12C)C(=O)O. The molecule has 2 unspecified atom stereocenters. The van der Waals surface area contributed by atoms with Gasteiger partial charge in [-0.15, -0.1) is 0 Å². The topological polar surface area (TPSA) is 95.5 Å². The summed E-state index contributed by atoms with van der Waals surface area (Å²) in [5, 5.41) is 15.5. The highest BCUT2D eigenvalue weighted by Gasteiger charge is 2.61. The van der Waals surface area contributed by atoms with Crippen molar-refractivity contribution in [3.05, 3.63) is 0 Å². The fraction of sp³-hybridized carbons (Fsp3) is 0.870. The number of carboxylic acids is 1. The molecule has 3 aliphatic carbocycles. The molecule has 0 aromatic carbocycles. The third-order valence-electron chi connectivity index (χ3n) is 9.38. The maximum atomic E-state index is 13.1. The molecule has 4 fully saturated rings. The molecule has 1 aliphatic heterocycles. The van der Waals surface area contributed by atoms with Gasteiger partial charge in [-0.2, -0.15) is 0 Å². The van der Waals surface area contributed by atoms with Gasteiger partial charge in [0.05, 0.1) is 0 Å². The van der Waals surface area contributed by atoms with Crippen LogP contribution in [0.1, 0.15) is 79.1 Å². The zero-order valence-electron chi connectivity index (χ0n) is 18.2. The molecule has 0 bridgehead atoms. The summed E-state index contributed by atoms with van der Waals surface area (Å²) in [7, 11) is 0. The number of carbonyl (C=O) groups is 3. The third-order valence-corrected chi connectivity index (χ3v) is 9.38. The number of hydrogen-bond acceptors (Lipinski definition) is 3. The monoisotopic (exact) mass is 404 g/mol. The molecule has 162 valence electrons. The Morgan fingerprint density at radius 2 is 1.72 bits per heavy atom. The van der Waals surface area contributed by atoms with Crippen LogP contribution in [0.25, 0.3) is 0 Å². The van der Waals surface area contributed by atoms with Crippen molar-refractivity contribution >= 4 is 17.8 Å². The second-order valence-corrected chi connectivity index (χ2v) is 11.2. The first-order valence-corrected chi connectivity index (χ1v) is 11.3. The number of aliphatic carboxylic acids is 1. The first-order chi connectivity index (χ1) is 13.5. The van der Waals surface area contributed by atoms with Crippen LogP contribution in [0.3, 0.4) is 0 Å². The Morgan fingerprint density at radius 1 is 1.03 bits per heavy atom. The van der Waals surface area contributed by atoms with E-state index in [1.54, 1.807) is 13.8 Å². The number of fused-ring (bicyclic) bond motifs is 5. The second-order valence-electron chi connectivity index (χ2n) is 11.2. The second kappa shape index (κ2) is 6.71. The number of piperidine rings is 1. The number of hydrogen-bond donors (Lipinski definition) is 3. The maximum Gasteiger partial charge on any atom is 0.328 e. The first-order valence-electron chi connectivity index (χ1n) is 11.3. The molecular formula is C23H36N2O4. The van der Waals surface area contributed by atoms with Crippen LogP contribution in [0.2, 0.25) is 0 Å². The minimum absolute atomic E-state index is 0.0546. The van der Waals surface area contributed by atoms with E-state index in [1.165, 1.54) is 0 Å². The molecule has 6 nitrogen and oxygen atoms in total. The van der Waals surface area contributed by atoms with Crippen LogP contribution in [0, 0.1) is 34.5 Å². The zero-order chi connectivity index (χ0) is 21.2. The highest BCUT2D eigenvalue weighted by atomic mass is 16.4. The van der Waals surface area contributed by atoms with E-state index in [1.807, 2.05) is 0 Å². The Kier molecular flexibility index (Phi) is 4.78. The van der Waals surface area contributed by atoms with E-state index in [-0.39, 0.29) is 28.6 Å². The summed E-state index contributed by atoms with van der Waals surface area (Å²) in [6, 6.07) is 0.297. The van der Waals surface area contributed by atoms with Crippen molar-refractivity contribution in [3.63, 3.8) is 0 Å². The van der Waals surface area contributed by atoms with Gasteiger partial charge in [-0.1, -0.05) is 13.8 Å². The Labute approximate surface area is 173 Å². The molecule has 0 aromatic rings. The summed E-state index contributed by atoms with van der Waals surface area (Å²) in [6.45, 7) is 7.76. The minimum atomic E-state index is -1.24. The van der Waals surface area contributed by atoms with Gasteiger partial charge in [0.15, 0.2) is 0 Å². The highest BCUT2D eigenvalue weighted by Crippen LogP contribution is 2.65. The van der Waals surface area contributed by atoms with Crippen LogP contribution in [0.15, 0.2) is 0 Å². The smallest absolute Gasteiger partial charge is 0.328 e. The van der Waals surface area contributed by atoms with Gasteiger partial charge in [-0.25, -0.2) is 4.79 Å². The van der Waals surface area contributed by atoms with Gasteiger partial charge >= 0.3 is 5.97 Å². The summed E-state index contributed by atoms with van der Waals surface area (Å²) in [4.78, 5) is 36.5. The average Bonchev–Trinajstić information content (AvgIpc) is 2.99. The van der Waals surface area contributed by atoms with Crippen molar-refractivity contribution < 1.29 is 19.5 Å². The fourth-order valence-electron chi connectivity index (χ4n) is 7.58. The van der Waals surface area contributed by atoms with Gasteiger partial charge in [0.2, 0.25) is 11.8 Å². The molecule has 7 atom stereocenters. The molecule has 1 saturated heterocycles. The number of carbonyl (C=O) groups excluding carboxylic acids is 2. The third kappa shape index (κ3) is 3.09. The van der Waals surface area contributed by atoms with E-state index in [2.05, 4.69) is 24.5 Å². The van der Waals surface area contributed by atoms with E-state index in [0.717, 1.165) is 44.9 Å². The average molecular weight is 405 g/mol. The predicted molar refractivity (Wildman–Crippen MR) is 109 cm³/mol. The lowest BCUT2D eigenvalue weighted by Gasteiger charge is -2.60. The fourth-order valence-corrected chi connectivity index (χ4v) is 7.58. The van der Waals surface area contributed by atoms with E-state index in [4.69, 9.17) is 0 Å². The molecule has 4 rings (SSSR count). The number of nitrogens with one attached hydrogen (secondary N) is 2. The van der Waals surface area contributed by atoms with Crippen molar-refractivity contribution in [2.45, 2.75) is 90.6 Å². The number of rotatable bonds is 3. The molecule has 29 heavy (non-hydrogen) atoms. The van der Waals surface area contributed by atoms with Gasteiger partial charge in [0.1, 0.15) is 5.54 Å². The summed E-state index contributed by atoms with van der Waals surface area (Å²) in [6.07, 6.45) is 7.80. The number of carboxylic acid groups (broad SMARTS) is 1. The Hall–Kier alpha value is -1.59. The Morgan fingerprint density at radius 3 is 2.41 bits per heavy atom. The van der Waals surface area contributed by atoms with Gasteiger partial charge in [-0.05, 0) is 87.4 Å². The van der Waals surface area contributed by atoms with Gasteiger partial charge < -0.3 is 15.7 Å². The molecule has 3 saturated carbocycles. The summed E-state index contributed by atoms with van der Waals surface area (Å²) >= 11 is 0. The minimum Gasteiger partial charge on any atom is -0.480 e. The van der Waals surface area contributed by atoms with Crippen LogP contribution >= 0.6 is 0 Å². The summed E-state index contributed by atoms with van der Waals surface area (Å²) in [5.74, 6) is 0.729. The van der Waals surface area contributed by atoms with Crippen molar-refractivity contribution in [2.75, 3.05) is 0 Å². The van der Waals surface area contributed by atoms with Crippen LogP contribution in [0.5, 0.6) is 0 Å². The number of amides is 2. The first kappa shape index (κ1) is 20.7. The van der Waals surface area contributed by atoms with Crippen molar-refractivity contribution in [1.29, 1.82) is 0 Å². The van der Waals surface area contributed by atoms with Gasteiger partial charge in [-0.3, -0.25) is 9.59 Å². The van der Waals surface area contributed by atoms with Crippen molar-refractivity contribution in [1.82, 2.24) is 10.6 Å². The van der Waals surface area contributed by atoms with E-state index >= 15 is 0 Å². The summed E-state index contributed by atoms with van der Waals surface area (Å²) in [5.41, 5.74) is -1.13. The molecule has 0 spiro atoms. The Bertz CT molecular complexity index is 734. The molecular weight excluding hydrogens is 368 g/mol. The normalized spacial score (nSPS) is 44.1. The van der Waals surface area contributed by atoms with E-state index < -0.39 is 11.5 Å². The van der Waals surface area contributed by atoms with Gasteiger partial charge in [0, 0.05) is 18.4 Å². The van der Waals surface area contributed by atoms with Crippen molar-refractivity contribution in [3.8, 4) is 0 Å². The zero-order valence-corrected chi connectivity index (χ0v) is 18.2. The summed E-state index contributed by atoms with van der Waals surface area (Å²) < 4.78 is 0. The molecule has 0 radical (unpaired) electrons. The highest BCUT2D eigenvalue weighted by molar-refractivity contribution is 5.88. The Balaban J connectivity index is 1.54. The molecule has 0 aromatic heterocycles. The molecule has 1 heterocycles. The van der Waals surface area contributed by atoms with Crippen LogP contribution in [-0.4, -0.2) is 34.5 Å². The van der Waals surface area contributed by atoms with E-state index in [9.17, 15) is 19.5 Å². The van der Waals surface area contributed by atoms with Crippen LogP contribution in [-0.2, 0) is 14.4 Å². The van der Waals surface area contributed by atoms with Gasteiger partial charge in [0.25, 0.3) is 0 Å².